The molecule has 1 saturated heterocycles. The number of halogens is 2. The van der Waals surface area contributed by atoms with E-state index in [1.807, 2.05) is 0 Å². The van der Waals surface area contributed by atoms with E-state index in [1.165, 1.54) is 4.68 Å². The molecule has 3 rings (SSSR count). The monoisotopic (exact) mass is 367 g/mol. The van der Waals surface area contributed by atoms with E-state index in [-0.39, 0.29) is 18.1 Å². The molecule has 126 valence electrons. The van der Waals surface area contributed by atoms with E-state index in [2.05, 4.69) is 5.10 Å². The number of aliphatic carboxylic acids is 1. The zero-order valence-corrected chi connectivity index (χ0v) is 14.2. The topological polar surface area (TPSA) is 75.4 Å². The van der Waals surface area contributed by atoms with Gasteiger partial charge in [-0.2, -0.15) is 5.10 Å². The summed E-state index contributed by atoms with van der Waals surface area (Å²) in [5.74, 6) is -1.64. The van der Waals surface area contributed by atoms with Gasteiger partial charge in [0.2, 0.25) is 0 Å². The summed E-state index contributed by atoms with van der Waals surface area (Å²) in [7, 11) is 0. The first-order valence-corrected chi connectivity index (χ1v) is 8.24. The molecule has 1 unspecified atom stereocenters. The van der Waals surface area contributed by atoms with Gasteiger partial charge in [0, 0.05) is 19.3 Å². The fraction of sp³-hybridized carbons (Fsp3) is 0.312. The van der Waals surface area contributed by atoms with Crippen molar-refractivity contribution < 1.29 is 14.7 Å². The molecular weight excluding hydrogens is 353 g/mol. The van der Waals surface area contributed by atoms with Crippen molar-refractivity contribution in [3.05, 3.63) is 46.2 Å². The van der Waals surface area contributed by atoms with Gasteiger partial charge in [0.15, 0.2) is 5.69 Å². The third kappa shape index (κ3) is 3.39. The molecule has 2 heterocycles. The van der Waals surface area contributed by atoms with Crippen LogP contribution in [0.15, 0.2) is 30.5 Å². The summed E-state index contributed by atoms with van der Waals surface area (Å²) < 4.78 is 1.54. The molecule has 1 fully saturated rings. The van der Waals surface area contributed by atoms with E-state index in [9.17, 15) is 9.59 Å². The van der Waals surface area contributed by atoms with Gasteiger partial charge in [0.25, 0.3) is 5.91 Å². The van der Waals surface area contributed by atoms with Gasteiger partial charge in [-0.15, -0.1) is 0 Å². The average molecular weight is 368 g/mol. The van der Waals surface area contributed by atoms with E-state index >= 15 is 0 Å². The molecule has 24 heavy (non-hydrogen) atoms. The Bertz CT molecular complexity index is 791. The van der Waals surface area contributed by atoms with E-state index in [4.69, 9.17) is 28.3 Å². The van der Waals surface area contributed by atoms with Gasteiger partial charge < -0.3 is 10.0 Å². The highest BCUT2D eigenvalue weighted by atomic mass is 35.5. The molecular formula is C16H15Cl2N3O3. The van der Waals surface area contributed by atoms with Gasteiger partial charge in [-0.05, 0) is 37.1 Å². The predicted molar refractivity (Wildman–Crippen MR) is 89.8 cm³/mol. The normalized spacial score (nSPS) is 17.8. The molecule has 6 nitrogen and oxygen atoms in total. The maximum Gasteiger partial charge on any atom is 0.308 e. The molecule has 0 spiro atoms. The van der Waals surface area contributed by atoms with Crippen LogP contribution in [0.25, 0.3) is 5.69 Å². The number of benzene rings is 1. The first-order valence-electron chi connectivity index (χ1n) is 7.49. The number of amides is 1. The van der Waals surface area contributed by atoms with Crippen molar-refractivity contribution in [3.8, 4) is 5.69 Å². The molecule has 1 aromatic carbocycles. The standard InChI is InChI=1S/C16H15Cl2N3O3/c17-12-4-3-11(8-13(12)18)21-7-5-14(19-21)15(22)20-6-1-2-10(9-20)16(23)24/h3-5,7-8,10H,1-2,6,9H2,(H,23,24). The third-order valence-corrected chi connectivity index (χ3v) is 4.77. The molecule has 1 atom stereocenters. The number of hydrogen-bond acceptors (Lipinski definition) is 3. The predicted octanol–water partition coefficient (Wildman–Crippen LogP) is 3.12. The minimum Gasteiger partial charge on any atom is -0.481 e. The fourth-order valence-electron chi connectivity index (χ4n) is 2.73. The lowest BCUT2D eigenvalue weighted by atomic mass is 9.98. The first-order chi connectivity index (χ1) is 11.5. The molecule has 0 radical (unpaired) electrons. The van der Waals surface area contributed by atoms with E-state index in [0.717, 1.165) is 0 Å². The van der Waals surface area contributed by atoms with Crippen molar-refractivity contribution in [2.24, 2.45) is 5.92 Å². The van der Waals surface area contributed by atoms with Crippen LogP contribution in [-0.4, -0.2) is 44.8 Å². The minimum absolute atomic E-state index is 0.216. The number of carboxylic acids is 1. The van der Waals surface area contributed by atoms with Crippen LogP contribution < -0.4 is 0 Å². The van der Waals surface area contributed by atoms with Crippen LogP contribution in [0.3, 0.4) is 0 Å². The second kappa shape index (κ2) is 6.83. The van der Waals surface area contributed by atoms with Gasteiger partial charge in [0.05, 0.1) is 21.7 Å². The summed E-state index contributed by atoms with van der Waals surface area (Å²) in [4.78, 5) is 25.2. The Kier molecular flexibility index (Phi) is 4.78. The fourth-order valence-corrected chi connectivity index (χ4v) is 3.03. The molecule has 1 aliphatic heterocycles. The molecule has 1 aromatic heterocycles. The number of rotatable bonds is 3. The quantitative estimate of drug-likeness (QED) is 0.903. The second-order valence-corrected chi connectivity index (χ2v) is 6.49. The second-order valence-electron chi connectivity index (χ2n) is 5.67. The lowest BCUT2D eigenvalue weighted by molar-refractivity contribution is -0.143. The summed E-state index contributed by atoms with van der Waals surface area (Å²) in [6.07, 6.45) is 2.93. The first kappa shape index (κ1) is 16.8. The van der Waals surface area contributed by atoms with Crippen LogP contribution in [-0.2, 0) is 4.79 Å². The van der Waals surface area contributed by atoms with Crippen molar-refractivity contribution in [2.45, 2.75) is 12.8 Å². The minimum atomic E-state index is -0.867. The molecule has 0 aliphatic carbocycles. The van der Waals surface area contributed by atoms with Crippen molar-refractivity contribution in [1.29, 1.82) is 0 Å². The maximum atomic E-state index is 12.5. The van der Waals surface area contributed by atoms with Crippen molar-refractivity contribution >= 4 is 35.1 Å². The van der Waals surface area contributed by atoms with E-state index in [1.54, 1.807) is 35.4 Å². The molecule has 1 amide bonds. The van der Waals surface area contributed by atoms with Crippen LogP contribution in [0, 0.1) is 5.92 Å². The highest BCUT2D eigenvalue weighted by Gasteiger charge is 2.29. The summed E-state index contributed by atoms with van der Waals surface area (Å²) in [5.41, 5.74) is 0.956. The van der Waals surface area contributed by atoms with Crippen LogP contribution in [0.5, 0.6) is 0 Å². The number of aromatic nitrogens is 2. The number of likely N-dealkylation sites (tertiary alicyclic amines) is 1. The Morgan fingerprint density at radius 2 is 2.00 bits per heavy atom. The zero-order valence-electron chi connectivity index (χ0n) is 12.7. The van der Waals surface area contributed by atoms with Gasteiger partial charge >= 0.3 is 5.97 Å². The molecule has 1 aliphatic rings. The van der Waals surface area contributed by atoms with Crippen LogP contribution in [0.1, 0.15) is 23.3 Å². The number of hydrogen-bond donors (Lipinski definition) is 1. The van der Waals surface area contributed by atoms with Gasteiger partial charge in [-0.25, -0.2) is 4.68 Å². The SMILES string of the molecule is O=C(O)C1CCCN(C(=O)c2ccn(-c3ccc(Cl)c(Cl)c3)n2)C1. The molecule has 8 heteroatoms. The lowest BCUT2D eigenvalue weighted by Gasteiger charge is -2.30. The molecule has 0 bridgehead atoms. The van der Waals surface area contributed by atoms with Crippen LogP contribution >= 0.6 is 23.2 Å². The smallest absolute Gasteiger partial charge is 0.308 e. The number of carbonyl (C=O) groups is 2. The van der Waals surface area contributed by atoms with Gasteiger partial charge in [-0.3, -0.25) is 9.59 Å². The highest BCUT2D eigenvalue weighted by Crippen LogP contribution is 2.24. The zero-order chi connectivity index (χ0) is 17.3. The Balaban J connectivity index is 1.78. The Hall–Kier alpha value is -2.05. The van der Waals surface area contributed by atoms with Crippen LogP contribution in [0.4, 0.5) is 0 Å². The summed E-state index contributed by atoms with van der Waals surface area (Å²) in [6, 6.07) is 6.67. The van der Waals surface area contributed by atoms with Crippen molar-refractivity contribution in [1.82, 2.24) is 14.7 Å². The van der Waals surface area contributed by atoms with E-state index in [0.29, 0.717) is 35.1 Å². The number of nitrogens with zero attached hydrogens (tertiary/aromatic N) is 3. The average Bonchev–Trinajstić information content (AvgIpc) is 3.06. The van der Waals surface area contributed by atoms with E-state index < -0.39 is 11.9 Å². The van der Waals surface area contributed by atoms with Gasteiger partial charge in [0.1, 0.15) is 0 Å². The number of carbonyl (C=O) groups excluding carboxylic acids is 1. The maximum absolute atomic E-state index is 12.5. The van der Waals surface area contributed by atoms with Crippen molar-refractivity contribution in [3.63, 3.8) is 0 Å². The summed E-state index contributed by atoms with van der Waals surface area (Å²) >= 11 is 11.9. The molecule has 1 N–H and O–H groups in total. The van der Waals surface area contributed by atoms with Crippen molar-refractivity contribution in [2.75, 3.05) is 13.1 Å². The summed E-state index contributed by atoms with van der Waals surface area (Å²) in [5, 5.41) is 14.2. The Morgan fingerprint density at radius 3 is 2.71 bits per heavy atom. The Morgan fingerprint density at radius 1 is 1.21 bits per heavy atom. The molecule has 2 aromatic rings. The number of carboxylic acid groups (broad SMARTS) is 1. The Labute approximate surface area is 148 Å². The summed E-state index contributed by atoms with van der Waals surface area (Å²) in [6.45, 7) is 0.760. The van der Waals surface area contributed by atoms with Crippen LogP contribution in [0.2, 0.25) is 10.0 Å². The number of piperidine rings is 1. The highest BCUT2D eigenvalue weighted by molar-refractivity contribution is 6.42. The largest absolute Gasteiger partial charge is 0.481 e. The van der Waals surface area contributed by atoms with Gasteiger partial charge in [-0.1, -0.05) is 23.2 Å². The third-order valence-electron chi connectivity index (χ3n) is 4.03. The molecule has 0 saturated carbocycles. The lowest BCUT2D eigenvalue weighted by Crippen LogP contribution is -2.42.